The molecule has 4 aromatic heterocycles. The minimum absolute atomic E-state index is 0.605. The van der Waals surface area contributed by atoms with Gasteiger partial charge in [0.25, 0.3) is 0 Å². The van der Waals surface area contributed by atoms with Crippen LogP contribution in [0.5, 0.6) is 0 Å². The van der Waals surface area contributed by atoms with Crippen molar-refractivity contribution in [1.82, 2.24) is 19.5 Å². The van der Waals surface area contributed by atoms with E-state index in [4.69, 9.17) is 19.4 Å². The third-order valence-electron chi connectivity index (χ3n) is 10.8. The summed E-state index contributed by atoms with van der Waals surface area (Å²) in [5, 5.41) is 9.25. The molecule has 4 heterocycles. The number of para-hydroxylation sites is 2. The van der Waals surface area contributed by atoms with Crippen LogP contribution >= 0.6 is 11.3 Å². The molecule has 0 aliphatic carbocycles. The number of hydrogen-bond donors (Lipinski definition) is 0. The average molecular weight is 721 g/mol. The van der Waals surface area contributed by atoms with Gasteiger partial charge in [0.05, 0.1) is 21.4 Å². The first-order valence-electron chi connectivity index (χ1n) is 18.4. The minimum atomic E-state index is 0.605. The highest BCUT2D eigenvalue weighted by molar-refractivity contribution is 7.26. The standard InChI is InChI=1S/C49H28N4OS/c1-3-13-29(14-4-1)47-50-48(30-15-5-2-6-16-30)52-49(51-47)31-23-24-33-38(27-31)45-39(34-18-8-11-21-42(34)54-45)28-41(33)53-40-20-10-7-17-32(40)36-25-26-37-35-19-9-12-22-43(35)55-46(37)44(36)53/h1-28H. The van der Waals surface area contributed by atoms with Gasteiger partial charge in [0.1, 0.15) is 11.2 Å². The van der Waals surface area contributed by atoms with Gasteiger partial charge in [-0.25, -0.2) is 15.0 Å². The van der Waals surface area contributed by atoms with E-state index in [2.05, 4.69) is 108 Å². The first kappa shape index (κ1) is 30.3. The summed E-state index contributed by atoms with van der Waals surface area (Å²) in [5.74, 6) is 1.86. The second-order valence-electron chi connectivity index (χ2n) is 14.0. The highest BCUT2D eigenvalue weighted by Crippen LogP contribution is 2.46. The van der Waals surface area contributed by atoms with E-state index in [0.29, 0.717) is 17.5 Å². The third kappa shape index (κ3) is 4.55. The van der Waals surface area contributed by atoms with Crippen LogP contribution in [0.1, 0.15) is 0 Å². The number of nitrogens with zero attached hydrogens (tertiary/aromatic N) is 4. The fraction of sp³-hybridized carbons (Fsp3) is 0. The van der Waals surface area contributed by atoms with Crippen molar-refractivity contribution in [2.24, 2.45) is 0 Å². The Bertz CT molecular complexity index is 3430. The van der Waals surface area contributed by atoms with Gasteiger partial charge in [0.2, 0.25) is 0 Å². The van der Waals surface area contributed by atoms with Crippen LogP contribution < -0.4 is 0 Å². The highest BCUT2D eigenvalue weighted by atomic mass is 32.1. The van der Waals surface area contributed by atoms with Crippen LogP contribution in [0, 0.1) is 0 Å². The third-order valence-corrected chi connectivity index (χ3v) is 12.0. The van der Waals surface area contributed by atoms with Crippen molar-refractivity contribution in [3.05, 3.63) is 170 Å². The molecule has 0 fully saturated rings. The fourth-order valence-electron chi connectivity index (χ4n) is 8.32. The van der Waals surface area contributed by atoms with Crippen LogP contribution in [0.15, 0.2) is 174 Å². The lowest BCUT2D eigenvalue weighted by atomic mass is 10.0. The molecule has 6 heteroatoms. The number of benzene rings is 8. The lowest BCUT2D eigenvalue weighted by molar-refractivity contribution is 0.672. The molecule has 0 amide bonds. The monoisotopic (exact) mass is 720 g/mol. The molecule has 0 atom stereocenters. The Morgan fingerprint density at radius 2 is 1.00 bits per heavy atom. The van der Waals surface area contributed by atoms with Crippen LogP contribution in [-0.2, 0) is 0 Å². The van der Waals surface area contributed by atoms with Crippen molar-refractivity contribution in [3.8, 4) is 39.9 Å². The summed E-state index contributed by atoms with van der Waals surface area (Å²) >= 11 is 1.87. The maximum absolute atomic E-state index is 6.74. The van der Waals surface area contributed by atoms with Crippen LogP contribution in [0.2, 0.25) is 0 Å². The quantitative estimate of drug-likeness (QED) is 0.182. The summed E-state index contributed by atoms with van der Waals surface area (Å²) in [4.78, 5) is 15.1. The van der Waals surface area contributed by atoms with E-state index in [1.165, 1.54) is 36.5 Å². The molecule has 8 aromatic carbocycles. The van der Waals surface area contributed by atoms with Crippen molar-refractivity contribution in [2.75, 3.05) is 0 Å². The van der Waals surface area contributed by atoms with Crippen molar-refractivity contribution in [1.29, 1.82) is 0 Å². The normalized spacial score (nSPS) is 12.0. The van der Waals surface area contributed by atoms with Crippen molar-refractivity contribution in [3.63, 3.8) is 0 Å². The minimum Gasteiger partial charge on any atom is -0.455 e. The zero-order chi connectivity index (χ0) is 36.0. The van der Waals surface area contributed by atoms with Gasteiger partial charge in [-0.1, -0.05) is 140 Å². The van der Waals surface area contributed by atoms with Gasteiger partial charge in [-0.05, 0) is 30.3 Å². The zero-order valence-corrected chi connectivity index (χ0v) is 30.1. The fourth-order valence-corrected chi connectivity index (χ4v) is 9.56. The molecule has 12 rings (SSSR count). The Morgan fingerprint density at radius 1 is 0.418 bits per heavy atom. The molecular weight excluding hydrogens is 693 g/mol. The Hall–Kier alpha value is -7.15. The van der Waals surface area contributed by atoms with Crippen LogP contribution in [0.4, 0.5) is 0 Å². The predicted molar refractivity (Wildman–Crippen MR) is 228 cm³/mol. The Balaban J connectivity index is 1.19. The Morgan fingerprint density at radius 3 is 1.76 bits per heavy atom. The summed E-state index contributed by atoms with van der Waals surface area (Å²) in [6, 6.07) is 59.5. The first-order chi connectivity index (χ1) is 27.3. The van der Waals surface area contributed by atoms with E-state index >= 15 is 0 Å². The molecule has 5 nitrogen and oxygen atoms in total. The molecule has 0 aliphatic rings. The van der Waals surface area contributed by atoms with Gasteiger partial charge >= 0.3 is 0 Å². The summed E-state index contributed by atoms with van der Waals surface area (Å²) in [5.41, 5.74) is 7.94. The largest absolute Gasteiger partial charge is 0.455 e. The second-order valence-corrected chi connectivity index (χ2v) is 15.0. The van der Waals surface area contributed by atoms with E-state index in [0.717, 1.165) is 60.6 Å². The Kier molecular flexibility index (Phi) is 6.44. The SMILES string of the molecule is c1ccc(-c2nc(-c3ccccc3)nc(-c3ccc4c(-n5c6ccccc6c6ccc7c8ccccc8sc7c65)cc5c6ccccc6oc5c4c3)n2)cc1. The van der Waals surface area contributed by atoms with Gasteiger partial charge in [-0.15, -0.1) is 11.3 Å². The lowest BCUT2D eigenvalue weighted by Gasteiger charge is -2.14. The number of rotatable bonds is 4. The number of thiophene rings is 1. The lowest BCUT2D eigenvalue weighted by Crippen LogP contribution is -2.00. The topological polar surface area (TPSA) is 56.7 Å². The summed E-state index contributed by atoms with van der Waals surface area (Å²) in [7, 11) is 0. The molecule has 0 saturated carbocycles. The maximum atomic E-state index is 6.74. The molecule has 0 aliphatic heterocycles. The summed E-state index contributed by atoms with van der Waals surface area (Å²) < 4.78 is 11.8. The number of hydrogen-bond acceptors (Lipinski definition) is 5. The molecular formula is C49H28N4OS. The number of furan rings is 1. The van der Waals surface area contributed by atoms with Gasteiger partial charge in [0.15, 0.2) is 17.5 Å². The zero-order valence-electron chi connectivity index (χ0n) is 29.3. The van der Waals surface area contributed by atoms with Gasteiger partial charge in [0, 0.05) is 64.5 Å². The van der Waals surface area contributed by atoms with Crippen molar-refractivity contribution < 1.29 is 4.42 Å². The van der Waals surface area contributed by atoms with Crippen LogP contribution in [-0.4, -0.2) is 19.5 Å². The van der Waals surface area contributed by atoms with E-state index in [1.54, 1.807) is 0 Å². The molecule has 0 radical (unpaired) electrons. The van der Waals surface area contributed by atoms with Gasteiger partial charge < -0.3 is 8.98 Å². The smallest absolute Gasteiger partial charge is 0.164 e. The Labute approximate surface area is 318 Å². The molecule has 0 N–H and O–H groups in total. The molecule has 256 valence electrons. The van der Waals surface area contributed by atoms with E-state index in [-0.39, 0.29) is 0 Å². The van der Waals surface area contributed by atoms with Gasteiger partial charge in [-0.3, -0.25) is 0 Å². The molecule has 55 heavy (non-hydrogen) atoms. The number of aromatic nitrogens is 4. The summed E-state index contributed by atoms with van der Waals surface area (Å²) in [6.07, 6.45) is 0. The first-order valence-corrected chi connectivity index (χ1v) is 19.2. The van der Waals surface area contributed by atoms with E-state index in [1.807, 2.05) is 78.1 Å². The predicted octanol–water partition coefficient (Wildman–Crippen LogP) is 13.4. The average Bonchev–Trinajstić information content (AvgIpc) is 3.93. The van der Waals surface area contributed by atoms with Crippen LogP contribution in [0.3, 0.4) is 0 Å². The highest BCUT2D eigenvalue weighted by Gasteiger charge is 2.22. The van der Waals surface area contributed by atoms with Crippen molar-refractivity contribution in [2.45, 2.75) is 0 Å². The molecule has 12 aromatic rings. The maximum Gasteiger partial charge on any atom is 0.164 e. The van der Waals surface area contributed by atoms with E-state index < -0.39 is 0 Å². The number of fused-ring (bicyclic) bond motifs is 12. The molecule has 0 saturated heterocycles. The molecule has 0 unspecified atom stereocenters. The molecule has 0 bridgehead atoms. The molecule has 0 spiro atoms. The van der Waals surface area contributed by atoms with Crippen LogP contribution in [0.25, 0.3) is 115 Å². The van der Waals surface area contributed by atoms with E-state index in [9.17, 15) is 0 Å². The van der Waals surface area contributed by atoms with Crippen molar-refractivity contribution >= 4 is 86.0 Å². The summed E-state index contributed by atoms with van der Waals surface area (Å²) in [6.45, 7) is 0. The second kappa shape index (κ2) is 11.7. The van der Waals surface area contributed by atoms with Gasteiger partial charge in [-0.2, -0.15) is 0 Å².